The SMILES string of the molecule is CCOc1cc(C=CC(=O)c2cccc(C#N)c2)ccc1OC(F)F. The van der Waals surface area contributed by atoms with Crippen LogP contribution in [0.4, 0.5) is 8.78 Å². The number of ketones is 1. The predicted molar refractivity (Wildman–Crippen MR) is 88.8 cm³/mol. The summed E-state index contributed by atoms with van der Waals surface area (Å²) in [5, 5.41) is 8.86. The molecule has 2 rings (SSSR count). The number of benzene rings is 2. The maximum absolute atomic E-state index is 12.4. The van der Waals surface area contributed by atoms with Gasteiger partial charge in [0, 0.05) is 5.56 Å². The second-order valence-corrected chi connectivity index (χ2v) is 4.91. The number of halogens is 2. The Morgan fingerprint density at radius 2 is 2.04 bits per heavy atom. The molecule has 0 aliphatic rings. The van der Waals surface area contributed by atoms with Crippen LogP contribution in [0.2, 0.25) is 0 Å². The summed E-state index contributed by atoms with van der Waals surface area (Å²) < 4.78 is 34.5. The van der Waals surface area contributed by atoms with Crippen LogP contribution >= 0.6 is 0 Å². The van der Waals surface area contributed by atoms with Crippen molar-refractivity contribution < 1.29 is 23.0 Å². The molecular weight excluding hydrogens is 328 g/mol. The van der Waals surface area contributed by atoms with Gasteiger partial charge < -0.3 is 9.47 Å². The van der Waals surface area contributed by atoms with E-state index in [9.17, 15) is 13.6 Å². The molecule has 0 spiro atoms. The summed E-state index contributed by atoms with van der Waals surface area (Å²) in [5.41, 5.74) is 1.37. The van der Waals surface area contributed by atoms with Gasteiger partial charge in [-0.05, 0) is 42.8 Å². The largest absolute Gasteiger partial charge is 0.490 e. The molecular formula is C19H15F2NO3. The molecule has 0 heterocycles. The van der Waals surface area contributed by atoms with Crippen molar-refractivity contribution in [3.05, 3.63) is 65.2 Å². The summed E-state index contributed by atoms with van der Waals surface area (Å²) in [5.74, 6) is -0.172. The zero-order chi connectivity index (χ0) is 18.2. The quantitative estimate of drug-likeness (QED) is 0.550. The van der Waals surface area contributed by atoms with Gasteiger partial charge in [0.05, 0.1) is 18.2 Å². The molecule has 0 aliphatic heterocycles. The molecule has 0 radical (unpaired) electrons. The summed E-state index contributed by atoms with van der Waals surface area (Å²) in [6.45, 7) is -0.942. The van der Waals surface area contributed by atoms with Crippen molar-refractivity contribution in [1.82, 2.24) is 0 Å². The lowest BCUT2D eigenvalue weighted by molar-refractivity contribution is -0.0514. The Morgan fingerprint density at radius 1 is 1.24 bits per heavy atom. The van der Waals surface area contributed by atoms with E-state index in [2.05, 4.69) is 4.74 Å². The third-order valence-corrected chi connectivity index (χ3v) is 3.19. The molecule has 0 fully saturated rings. The molecule has 0 saturated heterocycles. The summed E-state index contributed by atoms with van der Waals surface area (Å²) in [6, 6.07) is 12.7. The van der Waals surface area contributed by atoms with E-state index in [1.807, 2.05) is 6.07 Å². The highest BCUT2D eigenvalue weighted by atomic mass is 19.3. The average Bonchev–Trinajstić information content (AvgIpc) is 2.61. The van der Waals surface area contributed by atoms with Crippen molar-refractivity contribution in [2.45, 2.75) is 13.5 Å². The number of carbonyl (C=O) groups excluding carboxylic acids is 1. The maximum Gasteiger partial charge on any atom is 0.387 e. The molecule has 0 bridgehead atoms. The lowest BCUT2D eigenvalue weighted by Gasteiger charge is -2.11. The summed E-state index contributed by atoms with van der Waals surface area (Å²) in [4.78, 5) is 12.2. The normalized spacial score (nSPS) is 10.7. The highest BCUT2D eigenvalue weighted by Crippen LogP contribution is 2.30. The number of allylic oxidation sites excluding steroid dienone is 1. The maximum atomic E-state index is 12.4. The van der Waals surface area contributed by atoms with Gasteiger partial charge in [0.2, 0.25) is 0 Å². The van der Waals surface area contributed by atoms with Crippen molar-refractivity contribution in [2.24, 2.45) is 0 Å². The third kappa shape index (κ3) is 5.15. The molecule has 0 aromatic heterocycles. The fraction of sp³-hybridized carbons (Fsp3) is 0.158. The van der Waals surface area contributed by atoms with Crippen molar-refractivity contribution in [3.63, 3.8) is 0 Å². The second-order valence-electron chi connectivity index (χ2n) is 4.91. The molecule has 6 heteroatoms. The Labute approximate surface area is 143 Å². The van der Waals surface area contributed by atoms with Crippen LogP contribution in [0.3, 0.4) is 0 Å². The van der Waals surface area contributed by atoms with Gasteiger partial charge in [-0.3, -0.25) is 4.79 Å². The number of ether oxygens (including phenoxy) is 2. The minimum atomic E-state index is -2.95. The van der Waals surface area contributed by atoms with E-state index in [1.54, 1.807) is 25.1 Å². The number of carbonyl (C=O) groups is 1. The molecule has 4 nitrogen and oxygen atoms in total. The van der Waals surface area contributed by atoms with Gasteiger partial charge in [0.25, 0.3) is 0 Å². The van der Waals surface area contributed by atoms with E-state index in [0.717, 1.165) is 0 Å². The van der Waals surface area contributed by atoms with E-state index >= 15 is 0 Å². The Balaban J connectivity index is 2.20. The molecule has 0 saturated carbocycles. The van der Waals surface area contributed by atoms with Crippen LogP contribution in [-0.4, -0.2) is 19.0 Å². The zero-order valence-corrected chi connectivity index (χ0v) is 13.4. The van der Waals surface area contributed by atoms with Crippen LogP contribution in [-0.2, 0) is 0 Å². The smallest absolute Gasteiger partial charge is 0.387 e. The number of nitrogens with zero attached hydrogens (tertiary/aromatic N) is 1. The molecule has 0 atom stereocenters. The molecule has 2 aromatic rings. The topological polar surface area (TPSA) is 59.3 Å². The van der Waals surface area contributed by atoms with E-state index in [4.69, 9.17) is 10.00 Å². The molecule has 2 aromatic carbocycles. The molecule has 25 heavy (non-hydrogen) atoms. The van der Waals surface area contributed by atoms with Gasteiger partial charge in [-0.1, -0.05) is 24.3 Å². The molecule has 0 unspecified atom stereocenters. The predicted octanol–water partition coefficient (Wildman–Crippen LogP) is 4.45. The lowest BCUT2D eigenvalue weighted by Crippen LogP contribution is -2.04. The monoisotopic (exact) mass is 343 g/mol. The van der Waals surface area contributed by atoms with Crippen LogP contribution in [0.15, 0.2) is 48.5 Å². The number of hydrogen-bond acceptors (Lipinski definition) is 4. The second kappa shape index (κ2) is 8.60. The van der Waals surface area contributed by atoms with Gasteiger partial charge in [-0.15, -0.1) is 0 Å². The number of alkyl halides is 2. The minimum Gasteiger partial charge on any atom is -0.490 e. The molecule has 128 valence electrons. The summed E-state index contributed by atoms with van der Waals surface area (Å²) in [6.07, 6.45) is 2.88. The zero-order valence-electron chi connectivity index (χ0n) is 13.4. The summed E-state index contributed by atoms with van der Waals surface area (Å²) >= 11 is 0. The van der Waals surface area contributed by atoms with Gasteiger partial charge in [-0.25, -0.2) is 0 Å². The first-order chi connectivity index (χ1) is 12.0. The van der Waals surface area contributed by atoms with Gasteiger partial charge in [0.15, 0.2) is 17.3 Å². The fourth-order valence-corrected chi connectivity index (χ4v) is 2.10. The average molecular weight is 343 g/mol. The van der Waals surface area contributed by atoms with E-state index < -0.39 is 6.61 Å². The first kappa shape index (κ1) is 18.1. The number of hydrogen-bond donors (Lipinski definition) is 0. The Kier molecular flexibility index (Phi) is 6.24. The molecule has 0 amide bonds. The Morgan fingerprint density at radius 3 is 2.72 bits per heavy atom. The number of rotatable bonds is 7. The van der Waals surface area contributed by atoms with Crippen molar-refractivity contribution >= 4 is 11.9 Å². The van der Waals surface area contributed by atoms with Crippen molar-refractivity contribution in [1.29, 1.82) is 5.26 Å². The van der Waals surface area contributed by atoms with Crippen LogP contribution < -0.4 is 9.47 Å². The summed E-state index contributed by atoms with van der Waals surface area (Å²) in [7, 11) is 0. The lowest BCUT2D eigenvalue weighted by atomic mass is 10.1. The Hall–Kier alpha value is -3.20. The third-order valence-electron chi connectivity index (χ3n) is 3.19. The van der Waals surface area contributed by atoms with E-state index in [-0.39, 0.29) is 23.9 Å². The van der Waals surface area contributed by atoms with Gasteiger partial charge in [-0.2, -0.15) is 14.0 Å². The first-order valence-corrected chi connectivity index (χ1v) is 7.47. The van der Waals surface area contributed by atoms with Gasteiger partial charge >= 0.3 is 6.61 Å². The highest BCUT2D eigenvalue weighted by Gasteiger charge is 2.11. The van der Waals surface area contributed by atoms with Crippen LogP contribution in [0.25, 0.3) is 6.08 Å². The molecule has 0 aliphatic carbocycles. The number of nitriles is 1. The molecule has 0 N–H and O–H groups in total. The van der Waals surface area contributed by atoms with E-state index in [1.165, 1.54) is 36.4 Å². The van der Waals surface area contributed by atoms with Crippen LogP contribution in [0, 0.1) is 11.3 Å². The minimum absolute atomic E-state index is 0.0675. The fourth-order valence-electron chi connectivity index (χ4n) is 2.10. The first-order valence-electron chi connectivity index (χ1n) is 7.47. The van der Waals surface area contributed by atoms with E-state index in [0.29, 0.717) is 16.7 Å². The van der Waals surface area contributed by atoms with Gasteiger partial charge in [0.1, 0.15) is 0 Å². The Bertz CT molecular complexity index is 826. The van der Waals surface area contributed by atoms with Crippen molar-refractivity contribution in [3.8, 4) is 17.6 Å². The van der Waals surface area contributed by atoms with Crippen LogP contribution in [0.5, 0.6) is 11.5 Å². The standard InChI is InChI=1S/C19H15F2NO3/c1-2-24-18-11-13(7-9-17(18)25-19(20)21)6-8-16(23)15-5-3-4-14(10-15)12-22/h3-11,19H,2H2,1H3. The van der Waals surface area contributed by atoms with Crippen molar-refractivity contribution in [2.75, 3.05) is 6.61 Å². The van der Waals surface area contributed by atoms with Crippen LogP contribution in [0.1, 0.15) is 28.4 Å². The highest BCUT2D eigenvalue weighted by molar-refractivity contribution is 6.07.